The third-order valence-electron chi connectivity index (χ3n) is 2.03. The summed E-state index contributed by atoms with van der Waals surface area (Å²) in [5.41, 5.74) is 0.930. The van der Waals surface area contributed by atoms with Gasteiger partial charge in [0.05, 0.1) is 10.7 Å². The van der Waals surface area contributed by atoms with Crippen molar-refractivity contribution < 1.29 is 0 Å². The average Bonchev–Trinajstić information content (AvgIpc) is 2.65. The van der Waals surface area contributed by atoms with Crippen LogP contribution in [-0.4, -0.2) is 16.6 Å². The Labute approximate surface area is 107 Å². The highest BCUT2D eigenvalue weighted by molar-refractivity contribution is 14.1. The number of imidazole rings is 1. The third kappa shape index (κ3) is 2.10. The van der Waals surface area contributed by atoms with Crippen LogP contribution in [0.4, 0.5) is 5.95 Å². The number of aromatic nitrogens is 2. The summed E-state index contributed by atoms with van der Waals surface area (Å²) in [6.07, 6.45) is 3.61. The maximum atomic E-state index is 6.17. The van der Waals surface area contributed by atoms with E-state index < -0.39 is 0 Å². The van der Waals surface area contributed by atoms with E-state index in [1.165, 1.54) is 0 Å². The second-order valence-corrected chi connectivity index (χ2v) is 4.62. The van der Waals surface area contributed by atoms with Crippen LogP contribution in [0.3, 0.4) is 0 Å². The molecule has 15 heavy (non-hydrogen) atoms. The second-order valence-electron chi connectivity index (χ2n) is 2.97. The number of hydrogen-bond acceptors (Lipinski definition) is 2. The lowest BCUT2D eigenvalue weighted by Gasteiger charge is -2.09. The van der Waals surface area contributed by atoms with E-state index >= 15 is 0 Å². The largest absolute Gasteiger partial charge is 0.358 e. The highest BCUT2D eigenvalue weighted by atomic mass is 127. The number of nitrogens with zero attached hydrogens (tertiary/aromatic N) is 2. The number of halogens is 2. The van der Waals surface area contributed by atoms with Gasteiger partial charge in [0, 0.05) is 23.0 Å². The summed E-state index contributed by atoms with van der Waals surface area (Å²) in [4.78, 5) is 4.17. The number of hydrogen-bond donors (Lipinski definition) is 1. The molecule has 78 valence electrons. The summed E-state index contributed by atoms with van der Waals surface area (Å²) in [6.45, 7) is 0. The molecule has 0 aliphatic rings. The van der Waals surface area contributed by atoms with Crippen LogP contribution in [-0.2, 0) is 0 Å². The minimum Gasteiger partial charge on any atom is -0.358 e. The molecule has 0 saturated heterocycles. The van der Waals surface area contributed by atoms with Crippen molar-refractivity contribution in [3.63, 3.8) is 0 Å². The fourth-order valence-corrected chi connectivity index (χ4v) is 2.31. The lowest BCUT2D eigenvalue weighted by molar-refractivity contribution is 1.05. The van der Waals surface area contributed by atoms with Gasteiger partial charge < -0.3 is 5.32 Å². The van der Waals surface area contributed by atoms with Gasteiger partial charge in [-0.15, -0.1) is 0 Å². The molecule has 2 aromatic rings. The van der Waals surface area contributed by atoms with Gasteiger partial charge >= 0.3 is 0 Å². The first-order valence-corrected chi connectivity index (χ1v) is 5.84. The maximum Gasteiger partial charge on any atom is 0.207 e. The molecule has 5 heteroatoms. The number of benzene rings is 1. The molecule has 0 spiro atoms. The van der Waals surface area contributed by atoms with Crippen LogP contribution >= 0.6 is 34.2 Å². The van der Waals surface area contributed by atoms with Crippen LogP contribution < -0.4 is 5.32 Å². The topological polar surface area (TPSA) is 29.9 Å². The third-order valence-corrected chi connectivity index (χ3v) is 3.01. The number of anilines is 1. The molecular formula is C10H9ClIN3. The van der Waals surface area contributed by atoms with Gasteiger partial charge in [-0.25, -0.2) is 4.98 Å². The van der Waals surface area contributed by atoms with Crippen molar-refractivity contribution in [1.82, 2.24) is 9.55 Å². The summed E-state index contributed by atoms with van der Waals surface area (Å²) in [5, 5.41) is 3.73. The summed E-state index contributed by atoms with van der Waals surface area (Å²) in [5.74, 6) is 0.776. The molecule has 0 amide bonds. The van der Waals surface area contributed by atoms with Crippen LogP contribution in [0.15, 0.2) is 30.6 Å². The minimum atomic E-state index is 0.719. The van der Waals surface area contributed by atoms with E-state index in [2.05, 4.69) is 32.9 Å². The van der Waals surface area contributed by atoms with E-state index in [9.17, 15) is 0 Å². The fraction of sp³-hybridized carbons (Fsp3) is 0.100. The van der Waals surface area contributed by atoms with Crippen LogP contribution in [0.5, 0.6) is 0 Å². The highest BCUT2D eigenvalue weighted by Crippen LogP contribution is 2.24. The van der Waals surface area contributed by atoms with E-state index in [4.69, 9.17) is 11.6 Å². The molecule has 2 rings (SSSR count). The van der Waals surface area contributed by atoms with Gasteiger partial charge in [-0.05, 0) is 40.8 Å². The van der Waals surface area contributed by atoms with Crippen molar-refractivity contribution in [3.8, 4) is 5.69 Å². The zero-order chi connectivity index (χ0) is 10.8. The van der Waals surface area contributed by atoms with Crippen molar-refractivity contribution >= 4 is 40.1 Å². The van der Waals surface area contributed by atoms with E-state index in [1.807, 2.05) is 36.0 Å². The molecule has 3 nitrogen and oxygen atoms in total. The molecule has 0 aliphatic heterocycles. The molecule has 0 fully saturated rings. The standard InChI is InChI=1S/C10H9ClIN3/c1-13-10-14-4-5-15(10)9-3-2-7(12)6-8(9)11/h2-6H,1H3,(H,13,14). The van der Waals surface area contributed by atoms with E-state index in [0.717, 1.165) is 20.2 Å². The number of nitrogens with one attached hydrogen (secondary N) is 1. The molecule has 1 aromatic heterocycles. The molecule has 0 radical (unpaired) electrons. The molecule has 0 saturated carbocycles. The Hall–Kier alpha value is -0.750. The van der Waals surface area contributed by atoms with Crippen molar-refractivity contribution in [2.75, 3.05) is 12.4 Å². The quantitative estimate of drug-likeness (QED) is 0.856. The van der Waals surface area contributed by atoms with E-state index in [0.29, 0.717) is 0 Å². The molecule has 1 N–H and O–H groups in total. The molecule has 0 bridgehead atoms. The minimum absolute atomic E-state index is 0.719. The monoisotopic (exact) mass is 333 g/mol. The molecule has 0 aliphatic carbocycles. The van der Waals surface area contributed by atoms with Gasteiger partial charge in [-0.3, -0.25) is 4.57 Å². The van der Waals surface area contributed by atoms with Gasteiger partial charge in [0.25, 0.3) is 0 Å². The Morgan fingerprint density at radius 3 is 2.93 bits per heavy atom. The van der Waals surface area contributed by atoms with Gasteiger partial charge in [-0.2, -0.15) is 0 Å². The molecule has 1 heterocycles. The van der Waals surface area contributed by atoms with Crippen LogP contribution in [0.2, 0.25) is 5.02 Å². The Morgan fingerprint density at radius 1 is 1.47 bits per heavy atom. The van der Waals surface area contributed by atoms with Gasteiger partial charge in [0.15, 0.2) is 0 Å². The second kappa shape index (κ2) is 4.40. The SMILES string of the molecule is CNc1nccn1-c1ccc(I)cc1Cl. The average molecular weight is 334 g/mol. The van der Waals surface area contributed by atoms with Gasteiger partial charge in [-0.1, -0.05) is 11.6 Å². The summed E-state index contributed by atoms with van der Waals surface area (Å²) >= 11 is 8.40. The first kappa shape index (κ1) is 10.8. The maximum absolute atomic E-state index is 6.17. The first-order valence-electron chi connectivity index (χ1n) is 4.39. The first-order chi connectivity index (χ1) is 7.22. The van der Waals surface area contributed by atoms with Crippen LogP contribution in [0.25, 0.3) is 5.69 Å². The predicted molar refractivity (Wildman–Crippen MR) is 70.8 cm³/mol. The van der Waals surface area contributed by atoms with Crippen molar-refractivity contribution in [2.24, 2.45) is 0 Å². The smallest absolute Gasteiger partial charge is 0.207 e. The summed E-state index contributed by atoms with van der Waals surface area (Å²) in [6, 6.07) is 5.92. The normalized spacial score (nSPS) is 10.3. The van der Waals surface area contributed by atoms with E-state index in [-0.39, 0.29) is 0 Å². The zero-order valence-corrected chi connectivity index (χ0v) is 11.0. The van der Waals surface area contributed by atoms with Gasteiger partial charge in [0.2, 0.25) is 5.95 Å². The highest BCUT2D eigenvalue weighted by Gasteiger charge is 2.06. The summed E-state index contributed by atoms with van der Waals surface area (Å²) < 4.78 is 3.03. The number of rotatable bonds is 2. The van der Waals surface area contributed by atoms with Crippen molar-refractivity contribution in [3.05, 3.63) is 39.2 Å². The van der Waals surface area contributed by atoms with Crippen molar-refractivity contribution in [1.29, 1.82) is 0 Å². The lowest BCUT2D eigenvalue weighted by Crippen LogP contribution is -2.01. The molecule has 0 atom stereocenters. The lowest BCUT2D eigenvalue weighted by atomic mass is 10.3. The fourth-order valence-electron chi connectivity index (χ4n) is 1.36. The Balaban J connectivity index is 2.54. The Morgan fingerprint density at radius 2 is 2.27 bits per heavy atom. The van der Waals surface area contributed by atoms with Gasteiger partial charge in [0.1, 0.15) is 0 Å². The van der Waals surface area contributed by atoms with Crippen LogP contribution in [0.1, 0.15) is 0 Å². The predicted octanol–water partition coefficient (Wildman–Crippen LogP) is 3.17. The Kier molecular flexibility index (Phi) is 3.16. The molecule has 0 unspecified atom stereocenters. The Bertz CT molecular complexity index is 481. The van der Waals surface area contributed by atoms with Crippen molar-refractivity contribution in [2.45, 2.75) is 0 Å². The zero-order valence-electron chi connectivity index (χ0n) is 8.04. The molecule has 1 aromatic carbocycles. The summed E-state index contributed by atoms with van der Waals surface area (Å²) in [7, 11) is 1.83. The molecular weight excluding hydrogens is 324 g/mol. The van der Waals surface area contributed by atoms with E-state index in [1.54, 1.807) is 6.20 Å². The van der Waals surface area contributed by atoms with Crippen LogP contribution in [0, 0.1) is 3.57 Å².